The molecule has 0 bridgehead atoms. The number of esters is 1. The molecule has 20 heavy (non-hydrogen) atoms. The summed E-state index contributed by atoms with van der Waals surface area (Å²) >= 11 is 0. The summed E-state index contributed by atoms with van der Waals surface area (Å²) < 4.78 is 5.78. The molecule has 1 aliphatic heterocycles. The summed E-state index contributed by atoms with van der Waals surface area (Å²) in [5.41, 5.74) is 3.52. The molecule has 2 aliphatic carbocycles. The zero-order chi connectivity index (χ0) is 14.3. The molecule has 1 heterocycles. The SMILES string of the molecule is C=C1CC[C@H]2C(=C)CC[C@H]3/C(=C/CCC)C(=O)O[C@@H]3[C@@H]12. The molecule has 3 fully saturated rings. The molecule has 4 atom stereocenters. The van der Waals surface area contributed by atoms with Gasteiger partial charge in [-0.1, -0.05) is 43.7 Å². The smallest absolute Gasteiger partial charge is 0.334 e. The largest absolute Gasteiger partial charge is 0.458 e. The van der Waals surface area contributed by atoms with Gasteiger partial charge in [-0.05, 0) is 38.0 Å². The van der Waals surface area contributed by atoms with Gasteiger partial charge in [-0.15, -0.1) is 0 Å². The molecule has 0 amide bonds. The van der Waals surface area contributed by atoms with Crippen LogP contribution in [-0.2, 0) is 9.53 Å². The monoisotopic (exact) mass is 272 g/mol. The van der Waals surface area contributed by atoms with E-state index in [9.17, 15) is 4.79 Å². The predicted molar refractivity (Wildman–Crippen MR) is 80.1 cm³/mol. The minimum atomic E-state index is -0.0839. The van der Waals surface area contributed by atoms with Crippen LogP contribution in [0.4, 0.5) is 0 Å². The number of rotatable bonds is 2. The van der Waals surface area contributed by atoms with E-state index < -0.39 is 0 Å². The van der Waals surface area contributed by atoms with Gasteiger partial charge in [-0.2, -0.15) is 0 Å². The van der Waals surface area contributed by atoms with Crippen molar-refractivity contribution in [2.45, 2.75) is 51.6 Å². The van der Waals surface area contributed by atoms with Gasteiger partial charge in [-0.25, -0.2) is 4.79 Å². The van der Waals surface area contributed by atoms with Crippen LogP contribution in [0.1, 0.15) is 45.4 Å². The number of hydrogen-bond acceptors (Lipinski definition) is 2. The van der Waals surface area contributed by atoms with E-state index in [4.69, 9.17) is 4.74 Å². The number of unbranched alkanes of at least 4 members (excludes halogenated alkanes) is 1. The summed E-state index contributed by atoms with van der Waals surface area (Å²) in [7, 11) is 0. The third-order valence-corrected chi connectivity index (χ3v) is 5.26. The maximum absolute atomic E-state index is 12.2. The minimum Gasteiger partial charge on any atom is -0.458 e. The lowest BCUT2D eigenvalue weighted by Gasteiger charge is -2.26. The Kier molecular flexibility index (Phi) is 3.57. The van der Waals surface area contributed by atoms with E-state index in [0.29, 0.717) is 11.8 Å². The standard InChI is InChI=1S/C18H24O2/c1-4-5-6-15-14-10-7-11(2)13-9-8-12(3)16(13)17(14)20-18(15)19/h6,13-14,16-17H,2-5,7-10H2,1H3/b15-6-/t13-,14-,16-,17-/m0/s1. The van der Waals surface area contributed by atoms with Crippen LogP contribution in [0.2, 0.25) is 0 Å². The molecule has 0 aromatic rings. The summed E-state index contributed by atoms with van der Waals surface area (Å²) in [5.74, 6) is 0.970. The molecule has 1 saturated heterocycles. The molecule has 0 N–H and O–H groups in total. The number of allylic oxidation sites excluding steroid dienone is 2. The Morgan fingerprint density at radius 1 is 1.20 bits per heavy atom. The van der Waals surface area contributed by atoms with Gasteiger partial charge in [-0.3, -0.25) is 0 Å². The molecule has 0 aromatic carbocycles. The molecular weight excluding hydrogens is 248 g/mol. The van der Waals surface area contributed by atoms with Crippen LogP contribution in [0.15, 0.2) is 36.0 Å². The summed E-state index contributed by atoms with van der Waals surface area (Å²) in [6.45, 7) is 10.7. The van der Waals surface area contributed by atoms with Crippen molar-refractivity contribution >= 4 is 5.97 Å². The second-order valence-corrected chi connectivity index (χ2v) is 6.45. The van der Waals surface area contributed by atoms with Crippen molar-refractivity contribution in [3.8, 4) is 0 Å². The first-order valence-corrected chi connectivity index (χ1v) is 7.89. The number of ether oxygens (including phenoxy) is 1. The van der Waals surface area contributed by atoms with E-state index in [2.05, 4.69) is 26.2 Å². The first kappa shape index (κ1) is 13.7. The molecule has 0 spiro atoms. The van der Waals surface area contributed by atoms with Crippen molar-refractivity contribution in [3.63, 3.8) is 0 Å². The average Bonchev–Trinajstić information content (AvgIpc) is 2.90. The van der Waals surface area contributed by atoms with Crippen molar-refractivity contribution in [2.24, 2.45) is 17.8 Å². The number of carbonyl (C=O) groups excluding carboxylic acids is 1. The Morgan fingerprint density at radius 2 is 1.90 bits per heavy atom. The summed E-state index contributed by atoms with van der Waals surface area (Å²) in [6.07, 6.45) is 8.38. The fourth-order valence-electron chi connectivity index (χ4n) is 4.20. The maximum Gasteiger partial charge on any atom is 0.334 e. The van der Waals surface area contributed by atoms with Crippen LogP contribution in [0.3, 0.4) is 0 Å². The van der Waals surface area contributed by atoms with Gasteiger partial charge < -0.3 is 4.74 Å². The molecule has 2 saturated carbocycles. The van der Waals surface area contributed by atoms with Gasteiger partial charge in [0.2, 0.25) is 0 Å². The fourth-order valence-corrected chi connectivity index (χ4v) is 4.20. The van der Waals surface area contributed by atoms with E-state index >= 15 is 0 Å². The Bertz CT molecular complexity index is 486. The fraction of sp³-hybridized carbons (Fsp3) is 0.611. The zero-order valence-electron chi connectivity index (χ0n) is 12.4. The number of hydrogen-bond donors (Lipinski definition) is 0. The minimum absolute atomic E-state index is 0.0184. The Morgan fingerprint density at radius 3 is 2.65 bits per heavy atom. The summed E-state index contributed by atoms with van der Waals surface area (Å²) in [5, 5.41) is 0. The van der Waals surface area contributed by atoms with Crippen molar-refractivity contribution in [1.29, 1.82) is 0 Å². The quantitative estimate of drug-likeness (QED) is 0.428. The Balaban J connectivity index is 1.94. The van der Waals surface area contributed by atoms with Crippen LogP contribution >= 0.6 is 0 Å². The lowest BCUT2D eigenvalue weighted by Crippen LogP contribution is -2.28. The van der Waals surface area contributed by atoms with E-state index in [0.717, 1.165) is 44.1 Å². The van der Waals surface area contributed by atoms with Crippen molar-refractivity contribution in [2.75, 3.05) is 0 Å². The molecule has 0 aromatic heterocycles. The summed E-state index contributed by atoms with van der Waals surface area (Å²) in [4.78, 5) is 12.2. The highest BCUT2D eigenvalue weighted by Gasteiger charge is 2.50. The van der Waals surface area contributed by atoms with Crippen molar-refractivity contribution < 1.29 is 9.53 Å². The first-order chi connectivity index (χ1) is 9.63. The van der Waals surface area contributed by atoms with E-state index in [-0.39, 0.29) is 18.0 Å². The molecule has 2 heteroatoms. The Labute approximate surface area is 121 Å². The van der Waals surface area contributed by atoms with Crippen LogP contribution in [0.25, 0.3) is 0 Å². The van der Waals surface area contributed by atoms with Crippen LogP contribution in [-0.4, -0.2) is 12.1 Å². The van der Waals surface area contributed by atoms with Gasteiger partial charge in [0.1, 0.15) is 6.10 Å². The van der Waals surface area contributed by atoms with Crippen molar-refractivity contribution in [3.05, 3.63) is 36.0 Å². The molecule has 2 nitrogen and oxygen atoms in total. The van der Waals surface area contributed by atoms with Crippen molar-refractivity contribution in [1.82, 2.24) is 0 Å². The number of fused-ring (bicyclic) bond motifs is 3. The lowest BCUT2D eigenvalue weighted by atomic mass is 9.81. The molecule has 3 rings (SSSR count). The van der Waals surface area contributed by atoms with E-state index in [1.165, 1.54) is 11.1 Å². The first-order valence-electron chi connectivity index (χ1n) is 7.89. The van der Waals surface area contributed by atoms with E-state index in [1.54, 1.807) is 0 Å². The zero-order valence-corrected chi connectivity index (χ0v) is 12.4. The third kappa shape index (κ3) is 2.06. The van der Waals surface area contributed by atoms with Crippen LogP contribution < -0.4 is 0 Å². The lowest BCUT2D eigenvalue weighted by molar-refractivity contribution is -0.141. The normalized spacial score (nSPS) is 38.6. The van der Waals surface area contributed by atoms with Crippen LogP contribution in [0.5, 0.6) is 0 Å². The highest BCUT2D eigenvalue weighted by molar-refractivity contribution is 5.91. The molecule has 3 aliphatic rings. The topological polar surface area (TPSA) is 26.3 Å². The van der Waals surface area contributed by atoms with Gasteiger partial charge in [0.25, 0.3) is 0 Å². The molecule has 0 radical (unpaired) electrons. The predicted octanol–water partition coefficient (Wildman–Crippen LogP) is 4.19. The molecule has 0 unspecified atom stereocenters. The third-order valence-electron chi connectivity index (χ3n) is 5.26. The second-order valence-electron chi connectivity index (χ2n) is 6.45. The Hall–Kier alpha value is -1.31. The summed E-state index contributed by atoms with van der Waals surface area (Å²) in [6, 6.07) is 0. The molecule has 108 valence electrons. The van der Waals surface area contributed by atoms with E-state index in [1.807, 2.05) is 0 Å². The van der Waals surface area contributed by atoms with Crippen LogP contribution in [0, 0.1) is 17.8 Å². The molecular formula is C18H24O2. The number of carbonyl (C=O) groups is 1. The maximum atomic E-state index is 12.2. The van der Waals surface area contributed by atoms with Gasteiger partial charge >= 0.3 is 5.97 Å². The second kappa shape index (κ2) is 5.23. The highest BCUT2D eigenvalue weighted by atomic mass is 16.6. The average molecular weight is 272 g/mol. The van der Waals surface area contributed by atoms with Gasteiger partial charge in [0, 0.05) is 17.4 Å². The van der Waals surface area contributed by atoms with Gasteiger partial charge in [0.15, 0.2) is 0 Å². The highest BCUT2D eigenvalue weighted by Crippen LogP contribution is 2.52. The van der Waals surface area contributed by atoms with Gasteiger partial charge in [0.05, 0.1) is 0 Å².